The number of rotatable bonds is 6. The molecule has 3 aromatic rings. The van der Waals surface area contributed by atoms with E-state index in [1.54, 1.807) is 6.07 Å². The molecule has 0 unspecified atom stereocenters. The summed E-state index contributed by atoms with van der Waals surface area (Å²) in [6, 6.07) is 15.2. The zero-order valence-corrected chi connectivity index (χ0v) is 17.4. The average Bonchev–Trinajstić information content (AvgIpc) is 2.96. The van der Waals surface area contributed by atoms with Crippen LogP contribution >= 0.6 is 0 Å². The van der Waals surface area contributed by atoms with Crippen LogP contribution in [0.4, 0.5) is 4.39 Å². The van der Waals surface area contributed by atoms with Gasteiger partial charge in [0.25, 0.3) is 0 Å². The van der Waals surface area contributed by atoms with Gasteiger partial charge in [-0.2, -0.15) is 0 Å². The van der Waals surface area contributed by atoms with Gasteiger partial charge in [-0.1, -0.05) is 36.4 Å². The molecule has 1 aliphatic carbocycles. The number of carboxylic acids is 1. The van der Waals surface area contributed by atoms with Gasteiger partial charge in [-0.3, -0.25) is 0 Å². The number of nitrogens with zero attached hydrogens (tertiary/aromatic N) is 1. The van der Waals surface area contributed by atoms with E-state index in [-0.39, 0.29) is 11.9 Å². The quantitative estimate of drug-likeness (QED) is 0.595. The van der Waals surface area contributed by atoms with Crippen molar-refractivity contribution < 1.29 is 14.3 Å². The van der Waals surface area contributed by atoms with Gasteiger partial charge in [-0.15, -0.1) is 0 Å². The van der Waals surface area contributed by atoms with Crippen LogP contribution in [0.2, 0.25) is 0 Å². The Hall–Kier alpha value is -2.92. The fraction of sp³-hybridized carbons (Fsp3) is 0.320. The summed E-state index contributed by atoms with van der Waals surface area (Å²) in [5.74, 6) is -1.21. The van der Waals surface area contributed by atoms with Gasteiger partial charge in [0, 0.05) is 36.1 Å². The molecule has 0 saturated carbocycles. The van der Waals surface area contributed by atoms with Gasteiger partial charge in [0.05, 0.1) is 5.56 Å². The minimum atomic E-state index is -0.922. The fourth-order valence-corrected chi connectivity index (χ4v) is 4.70. The number of aromatic carboxylic acids is 1. The first-order valence-corrected chi connectivity index (χ1v) is 10.4. The van der Waals surface area contributed by atoms with Crippen LogP contribution in [0.3, 0.4) is 0 Å². The Balaban J connectivity index is 1.63. The van der Waals surface area contributed by atoms with Crippen molar-refractivity contribution in [3.8, 4) is 0 Å². The van der Waals surface area contributed by atoms with Crippen molar-refractivity contribution in [3.63, 3.8) is 0 Å². The number of benzene rings is 2. The Labute approximate surface area is 176 Å². The van der Waals surface area contributed by atoms with E-state index in [1.807, 2.05) is 24.5 Å². The topological polar surface area (TPSA) is 54.3 Å². The van der Waals surface area contributed by atoms with E-state index in [1.165, 1.54) is 23.3 Å². The van der Waals surface area contributed by atoms with Crippen LogP contribution in [0.25, 0.3) is 0 Å². The second kappa shape index (κ2) is 8.44. The lowest BCUT2D eigenvalue weighted by Gasteiger charge is -2.26. The number of halogens is 1. The molecule has 1 aromatic heterocycles. The zero-order chi connectivity index (χ0) is 21.3. The molecule has 0 bridgehead atoms. The van der Waals surface area contributed by atoms with Crippen LogP contribution in [0.5, 0.6) is 0 Å². The van der Waals surface area contributed by atoms with Crippen LogP contribution in [-0.2, 0) is 19.5 Å². The summed E-state index contributed by atoms with van der Waals surface area (Å²) in [7, 11) is 0. The molecular formula is C25H27FN2O2. The lowest BCUT2D eigenvalue weighted by atomic mass is 9.87. The molecule has 4 nitrogen and oxygen atoms in total. The highest BCUT2D eigenvalue weighted by Gasteiger charge is 2.25. The SMILES string of the molecule is Cc1c(CN[C@H]2CCCc3ccccc32)c(C(=O)O)c(C)n1Cc1cccc(F)c1. The normalized spacial score (nSPS) is 15.8. The van der Waals surface area contributed by atoms with Gasteiger partial charge in [0.2, 0.25) is 0 Å². The summed E-state index contributed by atoms with van der Waals surface area (Å²) in [5, 5.41) is 13.5. The predicted molar refractivity (Wildman–Crippen MR) is 115 cm³/mol. The molecule has 0 radical (unpaired) electrons. The molecule has 0 amide bonds. The maximum Gasteiger partial charge on any atom is 0.337 e. The van der Waals surface area contributed by atoms with E-state index < -0.39 is 5.97 Å². The highest BCUT2D eigenvalue weighted by Crippen LogP contribution is 2.31. The number of hydrogen-bond donors (Lipinski definition) is 2. The molecule has 2 N–H and O–H groups in total. The van der Waals surface area contributed by atoms with Crippen molar-refractivity contribution >= 4 is 5.97 Å². The third kappa shape index (κ3) is 3.90. The standard InChI is InChI=1S/C25H27FN2O2/c1-16-22(14-27-23-12-6-9-19-8-3-4-11-21(19)23)24(25(29)30)17(2)28(16)15-18-7-5-10-20(26)13-18/h3-5,7-8,10-11,13,23,27H,6,9,12,14-15H2,1-2H3,(H,29,30)/t23-/m0/s1. The maximum absolute atomic E-state index is 13.6. The third-order valence-electron chi connectivity index (χ3n) is 6.25. The average molecular weight is 407 g/mol. The monoisotopic (exact) mass is 406 g/mol. The summed E-state index contributed by atoms with van der Waals surface area (Å²) in [6.45, 7) is 4.71. The first-order chi connectivity index (χ1) is 14.5. The van der Waals surface area contributed by atoms with Crippen LogP contribution < -0.4 is 5.32 Å². The number of aromatic nitrogens is 1. The molecule has 1 atom stereocenters. The van der Waals surface area contributed by atoms with Crippen LogP contribution in [0, 0.1) is 19.7 Å². The molecule has 1 heterocycles. The smallest absolute Gasteiger partial charge is 0.337 e. The Morgan fingerprint density at radius 2 is 1.97 bits per heavy atom. The van der Waals surface area contributed by atoms with Crippen LogP contribution in [0.15, 0.2) is 48.5 Å². The predicted octanol–water partition coefficient (Wildman–Crippen LogP) is 5.16. The molecule has 5 heteroatoms. The molecule has 0 fully saturated rings. The molecular weight excluding hydrogens is 379 g/mol. The van der Waals surface area contributed by atoms with Gasteiger partial charge in [-0.05, 0) is 61.9 Å². The van der Waals surface area contributed by atoms with Crippen molar-refractivity contribution in [1.29, 1.82) is 0 Å². The van der Waals surface area contributed by atoms with Gasteiger partial charge < -0.3 is 15.0 Å². The Bertz CT molecular complexity index is 1090. The lowest BCUT2D eigenvalue weighted by Crippen LogP contribution is -2.25. The van der Waals surface area contributed by atoms with Crippen molar-refractivity contribution in [3.05, 3.63) is 93.6 Å². The summed E-state index contributed by atoms with van der Waals surface area (Å²) >= 11 is 0. The van der Waals surface area contributed by atoms with E-state index >= 15 is 0 Å². The first kappa shape index (κ1) is 20.4. The summed E-state index contributed by atoms with van der Waals surface area (Å²) in [6.07, 6.45) is 3.26. The minimum absolute atomic E-state index is 0.225. The number of hydrogen-bond acceptors (Lipinski definition) is 2. The van der Waals surface area contributed by atoms with E-state index in [4.69, 9.17) is 0 Å². The Morgan fingerprint density at radius 3 is 2.73 bits per heavy atom. The van der Waals surface area contributed by atoms with Crippen molar-refractivity contribution in [2.24, 2.45) is 0 Å². The highest BCUT2D eigenvalue weighted by atomic mass is 19.1. The van der Waals surface area contributed by atoms with Gasteiger partial charge in [0.15, 0.2) is 0 Å². The number of nitrogens with one attached hydrogen (secondary N) is 1. The molecule has 30 heavy (non-hydrogen) atoms. The molecule has 0 saturated heterocycles. The lowest BCUT2D eigenvalue weighted by molar-refractivity contribution is 0.0694. The second-order valence-electron chi connectivity index (χ2n) is 8.07. The Morgan fingerprint density at radius 1 is 1.17 bits per heavy atom. The van der Waals surface area contributed by atoms with E-state index in [2.05, 4.69) is 29.6 Å². The van der Waals surface area contributed by atoms with Crippen LogP contribution in [-0.4, -0.2) is 15.6 Å². The molecule has 2 aromatic carbocycles. The highest BCUT2D eigenvalue weighted by molar-refractivity contribution is 5.91. The number of fused-ring (bicyclic) bond motifs is 1. The Kier molecular flexibility index (Phi) is 5.73. The summed E-state index contributed by atoms with van der Waals surface area (Å²) in [4.78, 5) is 12.1. The molecule has 0 spiro atoms. The van der Waals surface area contributed by atoms with Gasteiger partial charge in [-0.25, -0.2) is 9.18 Å². The van der Waals surface area contributed by atoms with Crippen molar-refractivity contribution in [1.82, 2.24) is 9.88 Å². The maximum atomic E-state index is 13.6. The van der Waals surface area contributed by atoms with Gasteiger partial charge >= 0.3 is 5.97 Å². The van der Waals surface area contributed by atoms with E-state index in [0.717, 1.165) is 36.1 Å². The first-order valence-electron chi connectivity index (χ1n) is 10.4. The number of carboxylic acid groups (broad SMARTS) is 1. The number of carbonyl (C=O) groups is 1. The summed E-state index contributed by atoms with van der Waals surface area (Å²) < 4.78 is 15.6. The van der Waals surface area contributed by atoms with Crippen molar-refractivity contribution in [2.75, 3.05) is 0 Å². The summed E-state index contributed by atoms with van der Waals surface area (Å²) in [5.41, 5.74) is 6.26. The molecule has 156 valence electrons. The largest absolute Gasteiger partial charge is 0.478 e. The second-order valence-corrected chi connectivity index (χ2v) is 8.07. The number of aryl methyl sites for hydroxylation is 1. The third-order valence-corrected chi connectivity index (χ3v) is 6.25. The van der Waals surface area contributed by atoms with E-state index in [9.17, 15) is 14.3 Å². The molecule has 1 aliphatic rings. The van der Waals surface area contributed by atoms with Crippen LogP contribution in [0.1, 0.15) is 62.9 Å². The van der Waals surface area contributed by atoms with Gasteiger partial charge in [0.1, 0.15) is 5.82 Å². The molecule has 0 aliphatic heterocycles. The molecule has 4 rings (SSSR count). The fourth-order valence-electron chi connectivity index (χ4n) is 4.70. The van der Waals surface area contributed by atoms with E-state index in [0.29, 0.717) is 24.3 Å². The zero-order valence-electron chi connectivity index (χ0n) is 17.4. The van der Waals surface area contributed by atoms with Crippen molar-refractivity contribution in [2.45, 2.75) is 52.2 Å². The minimum Gasteiger partial charge on any atom is -0.478 e.